The summed E-state index contributed by atoms with van der Waals surface area (Å²) in [7, 11) is -1.56. The van der Waals surface area contributed by atoms with E-state index >= 15 is 0 Å². The molecule has 1 aliphatic rings. The van der Waals surface area contributed by atoms with E-state index in [9.17, 15) is 13.2 Å². The molecule has 152 valence electrons. The first-order valence-electron chi connectivity index (χ1n) is 9.30. The van der Waals surface area contributed by atoms with Crippen LogP contribution < -0.4 is 15.4 Å². The van der Waals surface area contributed by atoms with Crippen molar-refractivity contribution in [3.8, 4) is 0 Å². The molecule has 3 N–H and O–H groups in total. The van der Waals surface area contributed by atoms with Gasteiger partial charge < -0.3 is 15.5 Å². The van der Waals surface area contributed by atoms with Crippen LogP contribution >= 0.6 is 0 Å². The standard InChI is InChI=1S/C17H35N5O3S/c1-6-18-16(22(5)13-15(23)21-17(2,3)4)19-10-11-26(24,25)20-12-14-8-7-9-14/h14,20H,6-13H2,1-5H3,(H,18,19)(H,21,23). The molecule has 0 aromatic heterocycles. The molecular weight excluding hydrogens is 354 g/mol. The van der Waals surface area contributed by atoms with Gasteiger partial charge in [-0.05, 0) is 46.5 Å². The van der Waals surface area contributed by atoms with Crippen molar-refractivity contribution < 1.29 is 13.2 Å². The summed E-state index contributed by atoms with van der Waals surface area (Å²) >= 11 is 0. The molecule has 0 aromatic carbocycles. The largest absolute Gasteiger partial charge is 0.357 e. The van der Waals surface area contributed by atoms with E-state index in [0.29, 0.717) is 25.0 Å². The number of rotatable bonds is 9. The zero-order valence-electron chi connectivity index (χ0n) is 16.8. The van der Waals surface area contributed by atoms with Crippen LogP contribution in [-0.2, 0) is 14.8 Å². The first kappa shape index (κ1) is 22.7. The van der Waals surface area contributed by atoms with Crippen LogP contribution in [0, 0.1) is 5.92 Å². The summed E-state index contributed by atoms with van der Waals surface area (Å²) in [4.78, 5) is 18.1. The Morgan fingerprint density at radius 1 is 1.27 bits per heavy atom. The maximum atomic E-state index is 12.1. The number of likely N-dealkylation sites (N-methyl/N-ethyl adjacent to an activating group) is 1. The van der Waals surface area contributed by atoms with Gasteiger partial charge in [0.15, 0.2) is 5.96 Å². The van der Waals surface area contributed by atoms with Gasteiger partial charge in [0.25, 0.3) is 0 Å². The zero-order valence-corrected chi connectivity index (χ0v) is 17.6. The van der Waals surface area contributed by atoms with E-state index < -0.39 is 10.0 Å². The van der Waals surface area contributed by atoms with Crippen molar-refractivity contribution in [3.63, 3.8) is 0 Å². The number of nitrogens with one attached hydrogen (secondary N) is 3. The lowest BCUT2D eigenvalue weighted by Crippen LogP contribution is -2.48. The minimum absolute atomic E-state index is 0.0589. The summed E-state index contributed by atoms with van der Waals surface area (Å²) in [6.45, 7) is 9.15. The van der Waals surface area contributed by atoms with Crippen molar-refractivity contribution in [2.24, 2.45) is 10.9 Å². The molecule has 0 radical (unpaired) electrons. The lowest BCUT2D eigenvalue weighted by atomic mass is 9.86. The average Bonchev–Trinajstić information content (AvgIpc) is 2.42. The van der Waals surface area contributed by atoms with E-state index in [4.69, 9.17) is 0 Å². The molecule has 0 bridgehead atoms. The Labute approximate surface area is 158 Å². The minimum Gasteiger partial charge on any atom is -0.357 e. The van der Waals surface area contributed by atoms with E-state index in [1.165, 1.54) is 6.42 Å². The third-order valence-corrected chi connectivity index (χ3v) is 5.36. The number of amides is 1. The molecule has 1 saturated carbocycles. The fraction of sp³-hybridized carbons (Fsp3) is 0.882. The van der Waals surface area contributed by atoms with Crippen LogP contribution in [0.15, 0.2) is 4.99 Å². The number of nitrogens with zero attached hydrogens (tertiary/aromatic N) is 2. The van der Waals surface area contributed by atoms with Crippen LogP contribution in [0.3, 0.4) is 0 Å². The van der Waals surface area contributed by atoms with E-state index in [-0.39, 0.29) is 30.3 Å². The zero-order chi connectivity index (χ0) is 19.8. The Kier molecular flexibility index (Phi) is 8.82. The van der Waals surface area contributed by atoms with Crippen LogP contribution in [-0.4, -0.2) is 69.7 Å². The van der Waals surface area contributed by atoms with Crippen LogP contribution in [0.1, 0.15) is 47.0 Å². The van der Waals surface area contributed by atoms with Gasteiger partial charge in [0.1, 0.15) is 0 Å². The van der Waals surface area contributed by atoms with Gasteiger partial charge in [-0.2, -0.15) is 0 Å². The molecule has 0 aromatic rings. The summed E-state index contributed by atoms with van der Waals surface area (Å²) < 4.78 is 26.7. The topological polar surface area (TPSA) is 103 Å². The van der Waals surface area contributed by atoms with Gasteiger partial charge in [-0.1, -0.05) is 6.42 Å². The highest BCUT2D eigenvalue weighted by molar-refractivity contribution is 7.89. The Morgan fingerprint density at radius 2 is 1.92 bits per heavy atom. The normalized spacial score (nSPS) is 16.1. The Bertz CT molecular complexity index is 580. The number of guanidine groups is 1. The molecule has 0 saturated heterocycles. The highest BCUT2D eigenvalue weighted by Gasteiger charge is 2.20. The number of carbonyl (C=O) groups is 1. The van der Waals surface area contributed by atoms with Crippen LogP contribution in [0.25, 0.3) is 0 Å². The van der Waals surface area contributed by atoms with Crippen molar-refractivity contribution in [3.05, 3.63) is 0 Å². The van der Waals surface area contributed by atoms with Crippen LogP contribution in [0.5, 0.6) is 0 Å². The highest BCUT2D eigenvalue weighted by atomic mass is 32.2. The van der Waals surface area contributed by atoms with Crippen molar-refractivity contribution in [1.29, 1.82) is 0 Å². The predicted molar refractivity (Wildman–Crippen MR) is 106 cm³/mol. The highest BCUT2D eigenvalue weighted by Crippen LogP contribution is 2.25. The number of hydrogen-bond donors (Lipinski definition) is 3. The monoisotopic (exact) mass is 389 g/mol. The molecule has 0 heterocycles. The second-order valence-electron chi connectivity index (χ2n) is 7.85. The maximum absolute atomic E-state index is 12.1. The molecule has 1 aliphatic carbocycles. The van der Waals surface area contributed by atoms with Gasteiger partial charge in [-0.15, -0.1) is 0 Å². The van der Waals surface area contributed by atoms with Crippen molar-refractivity contribution in [2.75, 3.05) is 39.0 Å². The first-order chi connectivity index (χ1) is 12.0. The molecular formula is C17H35N5O3S. The molecule has 0 atom stereocenters. The van der Waals surface area contributed by atoms with Crippen molar-refractivity contribution >= 4 is 21.9 Å². The lowest BCUT2D eigenvalue weighted by molar-refractivity contribution is -0.122. The van der Waals surface area contributed by atoms with E-state index in [2.05, 4.69) is 20.3 Å². The van der Waals surface area contributed by atoms with Gasteiger partial charge in [-0.25, -0.2) is 13.1 Å². The second-order valence-corrected chi connectivity index (χ2v) is 9.78. The second kappa shape index (κ2) is 10.1. The number of hydrogen-bond acceptors (Lipinski definition) is 4. The molecule has 1 fully saturated rings. The van der Waals surface area contributed by atoms with Crippen LogP contribution in [0.2, 0.25) is 0 Å². The van der Waals surface area contributed by atoms with Gasteiger partial charge in [0.05, 0.1) is 18.8 Å². The molecule has 26 heavy (non-hydrogen) atoms. The molecule has 0 spiro atoms. The maximum Gasteiger partial charge on any atom is 0.240 e. The Hall–Kier alpha value is -1.35. The number of sulfonamides is 1. The van der Waals surface area contributed by atoms with E-state index in [0.717, 1.165) is 12.8 Å². The summed E-state index contributed by atoms with van der Waals surface area (Å²) in [5.74, 6) is 0.834. The lowest BCUT2D eigenvalue weighted by Gasteiger charge is -2.25. The minimum atomic E-state index is -3.32. The summed E-state index contributed by atoms with van der Waals surface area (Å²) in [5, 5.41) is 5.98. The van der Waals surface area contributed by atoms with E-state index in [1.54, 1.807) is 11.9 Å². The molecule has 0 unspecified atom stereocenters. The smallest absolute Gasteiger partial charge is 0.240 e. The summed E-state index contributed by atoms with van der Waals surface area (Å²) in [5.41, 5.74) is -0.298. The van der Waals surface area contributed by atoms with E-state index in [1.807, 2.05) is 27.7 Å². The number of aliphatic imine (C=N–C) groups is 1. The number of carbonyl (C=O) groups excluding carboxylic acids is 1. The predicted octanol–water partition coefficient (Wildman–Crippen LogP) is 0.518. The molecule has 9 heteroatoms. The van der Waals surface area contributed by atoms with Gasteiger partial charge in [0, 0.05) is 25.7 Å². The van der Waals surface area contributed by atoms with Crippen LogP contribution in [0.4, 0.5) is 0 Å². The van der Waals surface area contributed by atoms with Gasteiger partial charge in [0.2, 0.25) is 15.9 Å². The molecule has 1 rings (SSSR count). The van der Waals surface area contributed by atoms with Crippen molar-refractivity contribution in [1.82, 2.24) is 20.3 Å². The Morgan fingerprint density at radius 3 is 2.42 bits per heavy atom. The first-order valence-corrected chi connectivity index (χ1v) is 11.0. The summed E-state index contributed by atoms with van der Waals surface area (Å²) in [6.07, 6.45) is 3.40. The van der Waals surface area contributed by atoms with Gasteiger partial charge >= 0.3 is 0 Å². The third-order valence-electron chi connectivity index (χ3n) is 4.03. The SMILES string of the molecule is CCNC(=NCCS(=O)(=O)NCC1CCC1)N(C)CC(=O)NC(C)(C)C. The quantitative estimate of drug-likeness (QED) is 0.394. The molecule has 8 nitrogen and oxygen atoms in total. The fourth-order valence-electron chi connectivity index (χ4n) is 2.50. The average molecular weight is 390 g/mol. The fourth-order valence-corrected chi connectivity index (χ4v) is 3.47. The Balaban J connectivity index is 2.51. The molecule has 0 aliphatic heterocycles. The van der Waals surface area contributed by atoms with Crippen molar-refractivity contribution in [2.45, 2.75) is 52.5 Å². The molecule has 1 amide bonds. The van der Waals surface area contributed by atoms with Gasteiger partial charge in [-0.3, -0.25) is 9.79 Å². The summed E-state index contributed by atoms with van der Waals surface area (Å²) in [6, 6.07) is 0. The third kappa shape index (κ3) is 9.38.